The first-order valence-corrected chi connectivity index (χ1v) is 8.36. The summed E-state index contributed by atoms with van der Waals surface area (Å²) in [5.74, 6) is 0.339. The molecule has 0 unspecified atom stereocenters. The highest BCUT2D eigenvalue weighted by Gasteiger charge is 2.15. The van der Waals surface area contributed by atoms with Gasteiger partial charge in [-0.1, -0.05) is 43.2 Å². The van der Waals surface area contributed by atoms with E-state index in [9.17, 15) is 5.11 Å². The van der Waals surface area contributed by atoms with Crippen molar-refractivity contribution in [3.05, 3.63) is 63.7 Å². The van der Waals surface area contributed by atoms with Crippen molar-refractivity contribution in [1.29, 1.82) is 0 Å². The number of rotatable bonds is 5. The number of unbranched alkanes of at least 4 members (excludes halogenated alkanes) is 1. The summed E-state index contributed by atoms with van der Waals surface area (Å²) in [7, 11) is 0. The van der Waals surface area contributed by atoms with Crippen molar-refractivity contribution >= 4 is 5.71 Å². The molecule has 1 N–H and O–H groups in total. The van der Waals surface area contributed by atoms with E-state index in [1.165, 1.54) is 11.1 Å². The second kappa shape index (κ2) is 7.45. The number of aliphatic imine (C=N–C) groups is 1. The van der Waals surface area contributed by atoms with E-state index < -0.39 is 0 Å². The monoisotopic (exact) mass is 309 g/mol. The van der Waals surface area contributed by atoms with Gasteiger partial charge in [0.25, 0.3) is 0 Å². The average molecular weight is 309 g/mol. The molecule has 0 bridgehead atoms. The minimum Gasteiger partial charge on any atom is -0.507 e. The van der Waals surface area contributed by atoms with Gasteiger partial charge in [-0.05, 0) is 56.9 Å². The number of hydrogen-bond acceptors (Lipinski definition) is 2. The summed E-state index contributed by atoms with van der Waals surface area (Å²) < 4.78 is 0. The fraction of sp³-hybridized carbons (Fsp3) is 0.381. The van der Waals surface area contributed by atoms with Gasteiger partial charge in [-0.25, -0.2) is 0 Å². The van der Waals surface area contributed by atoms with E-state index in [-0.39, 0.29) is 0 Å². The lowest BCUT2D eigenvalue weighted by molar-refractivity contribution is 0.470. The Labute approximate surface area is 139 Å². The van der Waals surface area contributed by atoms with Gasteiger partial charge < -0.3 is 5.11 Å². The van der Waals surface area contributed by atoms with Crippen molar-refractivity contribution in [3.8, 4) is 5.75 Å². The SMILES string of the molecule is CCCCN=C(c1ccc(C)cc1C)c1cc(C)cc(C)c1O. The summed E-state index contributed by atoms with van der Waals surface area (Å²) in [5.41, 5.74) is 7.32. The van der Waals surface area contributed by atoms with Crippen molar-refractivity contribution in [2.75, 3.05) is 6.54 Å². The molecule has 0 atom stereocenters. The summed E-state index contributed by atoms with van der Waals surface area (Å²) in [5, 5.41) is 10.6. The molecule has 0 saturated heterocycles. The Morgan fingerprint density at radius 3 is 2.26 bits per heavy atom. The van der Waals surface area contributed by atoms with Crippen LogP contribution in [-0.4, -0.2) is 17.4 Å². The minimum atomic E-state index is 0.339. The maximum Gasteiger partial charge on any atom is 0.127 e. The largest absolute Gasteiger partial charge is 0.507 e. The standard InChI is InChI=1S/C21H27NO/c1-6-7-10-22-20(18-9-8-14(2)11-16(18)4)19-13-15(3)12-17(5)21(19)23/h8-9,11-13,23H,6-7,10H2,1-5H3. The van der Waals surface area contributed by atoms with Crippen molar-refractivity contribution in [2.24, 2.45) is 4.99 Å². The first-order chi connectivity index (χ1) is 10.9. The van der Waals surface area contributed by atoms with Gasteiger partial charge in [0.05, 0.1) is 5.71 Å². The Balaban J connectivity index is 2.62. The Kier molecular flexibility index (Phi) is 5.59. The van der Waals surface area contributed by atoms with Crippen LogP contribution in [0.4, 0.5) is 0 Å². The molecule has 0 radical (unpaired) electrons. The predicted molar refractivity (Wildman–Crippen MR) is 98.9 cm³/mol. The number of phenolic OH excluding ortho intramolecular Hbond substituents is 1. The molecule has 122 valence electrons. The molecule has 23 heavy (non-hydrogen) atoms. The molecule has 2 nitrogen and oxygen atoms in total. The number of hydrogen-bond donors (Lipinski definition) is 1. The Morgan fingerprint density at radius 2 is 1.61 bits per heavy atom. The third kappa shape index (κ3) is 4.01. The zero-order valence-electron chi connectivity index (χ0n) is 14.9. The molecule has 0 aliphatic heterocycles. The molecule has 2 rings (SSSR count). The zero-order chi connectivity index (χ0) is 17.0. The van der Waals surface area contributed by atoms with E-state index >= 15 is 0 Å². The molecule has 2 aromatic rings. The Morgan fingerprint density at radius 1 is 0.913 bits per heavy atom. The lowest BCUT2D eigenvalue weighted by Crippen LogP contribution is -2.08. The van der Waals surface area contributed by atoms with Crippen LogP contribution in [0.2, 0.25) is 0 Å². The van der Waals surface area contributed by atoms with E-state index in [1.807, 2.05) is 19.1 Å². The van der Waals surface area contributed by atoms with Crippen LogP contribution >= 0.6 is 0 Å². The second-order valence-corrected chi connectivity index (χ2v) is 6.38. The van der Waals surface area contributed by atoms with E-state index in [1.54, 1.807) is 0 Å². The number of phenols is 1. The molecule has 2 aromatic carbocycles. The maximum atomic E-state index is 10.6. The zero-order valence-corrected chi connectivity index (χ0v) is 14.9. The first-order valence-electron chi connectivity index (χ1n) is 8.36. The van der Waals surface area contributed by atoms with Crippen molar-refractivity contribution in [2.45, 2.75) is 47.5 Å². The summed E-state index contributed by atoms with van der Waals surface area (Å²) in [6.07, 6.45) is 2.17. The summed E-state index contributed by atoms with van der Waals surface area (Å²) in [4.78, 5) is 4.84. The van der Waals surface area contributed by atoms with E-state index in [4.69, 9.17) is 4.99 Å². The van der Waals surface area contributed by atoms with Crippen molar-refractivity contribution in [1.82, 2.24) is 0 Å². The fourth-order valence-corrected chi connectivity index (χ4v) is 2.88. The highest BCUT2D eigenvalue weighted by molar-refractivity contribution is 6.15. The summed E-state index contributed by atoms with van der Waals surface area (Å²) >= 11 is 0. The van der Waals surface area contributed by atoms with Gasteiger partial charge in [0.2, 0.25) is 0 Å². The number of aromatic hydroxyl groups is 1. The fourth-order valence-electron chi connectivity index (χ4n) is 2.88. The molecular weight excluding hydrogens is 282 g/mol. The molecule has 0 spiro atoms. The van der Waals surface area contributed by atoms with Gasteiger partial charge in [-0.3, -0.25) is 4.99 Å². The molecule has 0 aliphatic rings. The predicted octanol–water partition coefficient (Wildman–Crippen LogP) is 5.26. The molecule has 2 heteroatoms. The average Bonchev–Trinajstić information content (AvgIpc) is 2.49. The maximum absolute atomic E-state index is 10.6. The first kappa shape index (κ1) is 17.3. The highest BCUT2D eigenvalue weighted by atomic mass is 16.3. The molecular formula is C21H27NO. The van der Waals surface area contributed by atoms with Gasteiger partial charge in [-0.15, -0.1) is 0 Å². The van der Waals surface area contributed by atoms with E-state index in [2.05, 4.69) is 45.9 Å². The quantitative estimate of drug-likeness (QED) is 0.593. The van der Waals surface area contributed by atoms with Crippen LogP contribution in [0.15, 0.2) is 35.3 Å². The molecule has 0 fully saturated rings. The van der Waals surface area contributed by atoms with Gasteiger partial charge in [0.15, 0.2) is 0 Å². The second-order valence-electron chi connectivity index (χ2n) is 6.38. The molecule has 0 aromatic heterocycles. The summed E-state index contributed by atoms with van der Waals surface area (Å²) in [6.45, 7) is 11.2. The third-order valence-electron chi connectivity index (χ3n) is 4.12. The topological polar surface area (TPSA) is 32.6 Å². The number of benzene rings is 2. The number of aryl methyl sites for hydroxylation is 4. The van der Waals surface area contributed by atoms with Crippen molar-refractivity contribution < 1.29 is 5.11 Å². The minimum absolute atomic E-state index is 0.339. The van der Waals surface area contributed by atoms with E-state index in [0.717, 1.165) is 47.4 Å². The van der Waals surface area contributed by atoms with Crippen molar-refractivity contribution in [3.63, 3.8) is 0 Å². The smallest absolute Gasteiger partial charge is 0.127 e. The lowest BCUT2D eigenvalue weighted by Gasteiger charge is -2.15. The van der Waals surface area contributed by atoms with Crippen LogP contribution in [-0.2, 0) is 0 Å². The van der Waals surface area contributed by atoms with Gasteiger partial charge in [-0.2, -0.15) is 0 Å². The van der Waals surface area contributed by atoms with Crippen LogP contribution in [0, 0.1) is 27.7 Å². The van der Waals surface area contributed by atoms with Gasteiger partial charge in [0, 0.05) is 17.7 Å². The highest BCUT2D eigenvalue weighted by Crippen LogP contribution is 2.28. The molecule has 0 heterocycles. The van der Waals surface area contributed by atoms with Gasteiger partial charge in [0.1, 0.15) is 5.75 Å². The molecule has 0 aliphatic carbocycles. The van der Waals surface area contributed by atoms with Crippen LogP contribution in [0.3, 0.4) is 0 Å². The normalized spacial score (nSPS) is 11.8. The Bertz CT molecular complexity index is 729. The molecule has 0 saturated carbocycles. The van der Waals surface area contributed by atoms with Crippen LogP contribution in [0.25, 0.3) is 0 Å². The van der Waals surface area contributed by atoms with Gasteiger partial charge >= 0.3 is 0 Å². The molecule has 0 amide bonds. The van der Waals surface area contributed by atoms with Crippen LogP contribution in [0.1, 0.15) is 53.1 Å². The lowest BCUT2D eigenvalue weighted by atomic mass is 9.93. The van der Waals surface area contributed by atoms with Crippen LogP contribution < -0.4 is 0 Å². The third-order valence-corrected chi connectivity index (χ3v) is 4.12. The Hall–Kier alpha value is -2.09. The summed E-state index contributed by atoms with van der Waals surface area (Å²) in [6, 6.07) is 10.4. The number of nitrogens with zero attached hydrogens (tertiary/aromatic N) is 1. The van der Waals surface area contributed by atoms with Crippen LogP contribution in [0.5, 0.6) is 5.75 Å². The van der Waals surface area contributed by atoms with E-state index in [0.29, 0.717) is 5.75 Å².